The van der Waals surface area contributed by atoms with Crippen molar-refractivity contribution in [3.05, 3.63) is 0 Å². The molecule has 1 aliphatic heterocycles. The van der Waals surface area contributed by atoms with Crippen molar-refractivity contribution in [1.29, 1.82) is 0 Å². The van der Waals surface area contributed by atoms with Gasteiger partial charge in [0.25, 0.3) is 0 Å². The largest absolute Gasteiger partial charge is 0.330 e. The Bertz CT molecular complexity index is 115. The fraction of sp³-hybridized carbons (Fsp3) is 1.00. The van der Waals surface area contributed by atoms with E-state index in [4.69, 9.17) is 11.5 Å². The number of likely N-dealkylation sites (N-methyl/N-ethyl adjacent to an activating group) is 1. The van der Waals surface area contributed by atoms with Crippen molar-refractivity contribution in [2.24, 2.45) is 17.4 Å². The minimum absolute atomic E-state index is 0.273. The van der Waals surface area contributed by atoms with Crippen LogP contribution in [-0.2, 0) is 0 Å². The number of nitrogens with two attached hydrogens (primary N) is 2. The first kappa shape index (κ1) is 7.98. The van der Waals surface area contributed by atoms with Gasteiger partial charge in [0.15, 0.2) is 0 Å². The Morgan fingerprint density at radius 2 is 2.20 bits per heavy atom. The lowest BCUT2D eigenvalue weighted by Crippen LogP contribution is -2.39. The van der Waals surface area contributed by atoms with Gasteiger partial charge in [0, 0.05) is 24.5 Å². The summed E-state index contributed by atoms with van der Waals surface area (Å²) in [4.78, 5) is 2.27. The lowest BCUT2D eigenvalue weighted by Gasteiger charge is -2.17. The normalized spacial score (nSPS) is 42.6. The van der Waals surface area contributed by atoms with E-state index in [-0.39, 0.29) is 6.04 Å². The van der Waals surface area contributed by atoms with Crippen LogP contribution in [0.5, 0.6) is 0 Å². The van der Waals surface area contributed by atoms with E-state index in [9.17, 15) is 0 Å². The molecule has 0 aromatic rings. The highest BCUT2D eigenvalue weighted by Gasteiger charge is 2.33. The highest BCUT2D eigenvalue weighted by Crippen LogP contribution is 2.18. The van der Waals surface area contributed by atoms with Gasteiger partial charge in [-0.15, -0.1) is 0 Å². The molecule has 0 bridgehead atoms. The Labute approximate surface area is 62.4 Å². The number of hydrogen-bond acceptors (Lipinski definition) is 3. The molecule has 1 fully saturated rings. The highest BCUT2D eigenvalue weighted by atomic mass is 15.2. The van der Waals surface area contributed by atoms with E-state index in [0.717, 1.165) is 13.1 Å². The molecular weight excluding hydrogens is 126 g/mol. The smallest absolute Gasteiger partial charge is 0.0247 e. The van der Waals surface area contributed by atoms with Crippen molar-refractivity contribution >= 4 is 0 Å². The van der Waals surface area contributed by atoms with Crippen LogP contribution >= 0.6 is 0 Å². The molecule has 60 valence electrons. The minimum atomic E-state index is 0.273. The average Bonchev–Trinajstić information content (AvgIpc) is 2.17. The van der Waals surface area contributed by atoms with E-state index < -0.39 is 0 Å². The molecule has 1 aliphatic rings. The highest BCUT2D eigenvalue weighted by molar-refractivity contribution is 4.92. The lowest BCUT2D eigenvalue weighted by molar-refractivity contribution is 0.317. The molecule has 3 atom stereocenters. The van der Waals surface area contributed by atoms with Crippen molar-refractivity contribution in [3.8, 4) is 0 Å². The van der Waals surface area contributed by atoms with Crippen LogP contribution in [0.1, 0.15) is 6.92 Å². The van der Waals surface area contributed by atoms with Gasteiger partial charge in [-0.2, -0.15) is 0 Å². The summed E-state index contributed by atoms with van der Waals surface area (Å²) in [5.74, 6) is 0.500. The molecule has 3 heteroatoms. The van der Waals surface area contributed by atoms with Crippen LogP contribution in [0.25, 0.3) is 0 Å². The molecule has 1 saturated heterocycles. The van der Waals surface area contributed by atoms with Crippen LogP contribution in [0.15, 0.2) is 0 Å². The van der Waals surface area contributed by atoms with Crippen LogP contribution in [-0.4, -0.2) is 37.1 Å². The number of rotatable bonds is 1. The molecule has 10 heavy (non-hydrogen) atoms. The number of nitrogens with zero attached hydrogens (tertiary/aromatic N) is 1. The Hall–Kier alpha value is -0.120. The summed E-state index contributed by atoms with van der Waals surface area (Å²) in [5, 5.41) is 0. The first-order valence-corrected chi connectivity index (χ1v) is 3.82. The van der Waals surface area contributed by atoms with Crippen molar-refractivity contribution in [2.75, 3.05) is 20.1 Å². The summed E-state index contributed by atoms with van der Waals surface area (Å²) in [6, 6.07) is 0.767. The van der Waals surface area contributed by atoms with Gasteiger partial charge in [-0.1, -0.05) is 0 Å². The fourth-order valence-electron chi connectivity index (χ4n) is 1.58. The first-order chi connectivity index (χ1) is 4.66. The molecule has 0 aliphatic carbocycles. The number of likely N-dealkylation sites (tertiary alicyclic amines) is 1. The van der Waals surface area contributed by atoms with E-state index in [0.29, 0.717) is 12.0 Å². The standard InChI is InChI=1S/C7H17N3/c1-5-7(9)6(3-8)4-10(5)2/h5-7H,3-4,8-9H2,1-2H3. The maximum absolute atomic E-state index is 5.90. The summed E-state index contributed by atoms with van der Waals surface area (Å²) in [5.41, 5.74) is 11.4. The van der Waals surface area contributed by atoms with Crippen molar-refractivity contribution in [2.45, 2.75) is 19.0 Å². The summed E-state index contributed by atoms with van der Waals surface area (Å²) in [6.45, 7) is 3.93. The first-order valence-electron chi connectivity index (χ1n) is 3.82. The zero-order valence-corrected chi connectivity index (χ0v) is 6.75. The topological polar surface area (TPSA) is 55.3 Å². The van der Waals surface area contributed by atoms with Crippen molar-refractivity contribution < 1.29 is 0 Å². The molecule has 1 heterocycles. The number of hydrogen-bond donors (Lipinski definition) is 2. The van der Waals surface area contributed by atoms with Crippen LogP contribution in [0.4, 0.5) is 0 Å². The SMILES string of the molecule is CC1C(N)C(CN)CN1C. The van der Waals surface area contributed by atoms with Gasteiger partial charge < -0.3 is 16.4 Å². The van der Waals surface area contributed by atoms with E-state index in [1.807, 2.05) is 0 Å². The van der Waals surface area contributed by atoms with Crippen LogP contribution in [0, 0.1) is 5.92 Å². The zero-order valence-electron chi connectivity index (χ0n) is 6.75. The van der Waals surface area contributed by atoms with E-state index >= 15 is 0 Å². The Morgan fingerprint density at radius 3 is 2.40 bits per heavy atom. The molecular formula is C7H17N3. The Morgan fingerprint density at radius 1 is 1.60 bits per heavy atom. The second kappa shape index (κ2) is 2.86. The molecule has 0 amide bonds. The third-order valence-corrected chi connectivity index (χ3v) is 2.62. The zero-order chi connectivity index (χ0) is 7.72. The molecule has 0 aromatic carbocycles. The minimum Gasteiger partial charge on any atom is -0.330 e. The molecule has 0 radical (unpaired) electrons. The predicted octanol–water partition coefficient (Wildman–Crippen LogP) is -0.777. The quantitative estimate of drug-likeness (QED) is 0.506. The average molecular weight is 143 g/mol. The molecule has 3 unspecified atom stereocenters. The van der Waals surface area contributed by atoms with Gasteiger partial charge in [0.2, 0.25) is 0 Å². The Balaban J connectivity index is 2.53. The van der Waals surface area contributed by atoms with E-state index in [1.165, 1.54) is 0 Å². The summed E-state index contributed by atoms with van der Waals surface area (Å²) < 4.78 is 0. The molecule has 0 spiro atoms. The molecule has 1 rings (SSSR count). The monoisotopic (exact) mass is 143 g/mol. The van der Waals surface area contributed by atoms with Crippen molar-refractivity contribution in [3.63, 3.8) is 0 Å². The van der Waals surface area contributed by atoms with Crippen LogP contribution in [0.3, 0.4) is 0 Å². The van der Waals surface area contributed by atoms with Gasteiger partial charge >= 0.3 is 0 Å². The molecule has 3 nitrogen and oxygen atoms in total. The summed E-state index contributed by atoms with van der Waals surface area (Å²) in [6.07, 6.45) is 0. The third-order valence-electron chi connectivity index (χ3n) is 2.62. The van der Waals surface area contributed by atoms with E-state index in [1.54, 1.807) is 0 Å². The van der Waals surface area contributed by atoms with Gasteiger partial charge in [0.05, 0.1) is 0 Å². The maximum atomic E-state index is 5.90. The maximum Gasteiger partial charge on any atom is 0.0247 e. The molecule has 0 aromatic heterocycles. The second-order valence-electron chi connectivity index (χ2n) is 3.25. The van der Waals surface area contributed by atoms with Crippen molar-refractivity contribution in [1.82, 2.24) is 4.90 Å². The Kier molecular flexibility index (Phi) is 2.28. The van der Waals surface area contributed by atoms with Gasteiger partial charge in [-0.25, -0.2) is 0 Å². The van der Waals surface area contributed by atoms with Crippen LogP contribution < -0.4 is 11.5 Å². The van der Waals surface area contributed by atoms with Gasteiger partial charge in [-0.05, 0) is 20.5 Å². The summed E-state index contributed by atoms with van der Waals surface area (Å²) in [7, 11) is 2.10. The summed E-state index contributed by atoms with van der Waals surface area (Å²) >= 11 is 0. The van der Waals surface area contributed by atoms with Crippen LogP contribution in [0.2, 0.25) is 0 Å². The van der Waals surface area contributed by atoms with Gasteiger partial charge in [0.1, 0.15) is 0 Å². The lowest BCUT2D eigenvalue weighted by atomic mass is 10.0. The third kappa shape index (κ3) is 1.17. The molecule has 4 N–H and O–H groups in total. The predicted molar refractivity (Wildman–Crippen MR) is 42.6 cm³/mol. The molecule has 0 saturated carbocycles. The fourth-order valence-corrected chi connectivity index (χ4v) is 1.58. The van der Waals surface area contributed by atoms with Gasteiger partial charge in [-0.3, -0.25) is 0 Å². The van der Waals surface area contributed by atoms with E-state index in [2.05, 4.69) is 18.9 Å². The second-order valence-corrected chi connectivity index (χ2v) is 3.25.